The Morgan fingerprint density at radius 2 is 2.24 bits per heavy atom. The Labute approximate surface area is 168 Å². The normalized spacial score (nSPS) is 22.4. The molecule has 3 heterocycles. The molecule has 0 spiro atoms. The van der Waals surface area contributed by atoms with Crippen LogP contribution in [0.4, 0.5) is 0 Å². The highest BCUT2D eigenvalue weighted by Crippen LogP contribution is 2.31. The Hall–Kier alpha value is -3.05. The van der Waals surface area contributed by atoms with Gasteiger partial charge in [0.15, 0.2) is 5.69 Å². The van der Waals surface area contributed by atoms with Crippen LogP contribution in [0, 0.1) is 17.2 Å². The van der Waals surface area contributed by atoms with Gasteiger partial charge in [-0.3, -0.25) is 4.79 Å². The van der Waals surface area contributed by atoms with Gasteiger partial charge in [0, 0.05) is 12.5 Å². The number of amides is 1. The van der Waals surface area contributed by atoms with Crippen LogP contribution in [0.15, 0.2) is 24.3 Å². The molecule has 1 saturated carbocycles. The van der Waals surface area contributed by atoms with E-state index >= 15 is 0 Å². The van der Waals surface area contributed by atoms with Crippen LogP contribution in [0.1, 0.15) is 40.9 Å². The average molecular weight is 394 g/mol. The number of carbonyl (C=O) groups excluding carboxylic acids is 1. The number of nitrogens with zero attached hydrogens (tertiary/aromatic N) is 3. The van der Waals surface area contributed by atoms with Gasteiger partial charge in [0.25, 0.3) is 5.91 Å². The Kier molecular flexibility index (Phi) is 4.60. The minimum atomic E-state index is -0.270. The fourth-order valence-corrected chi connectivity index (χ4v) is 3.65. The van der Waals surface area contributed by atoms with E-state index < -0.39 is 0 Å². The van der Waals surface area contributed by atoms with Gasteiger partial charge >= 0.3 is 0 Å². The van der Waals surface area contributed by atoms with Gasteiger partial charge in [-0.2, -0.15) is 10.4 Å². The lowest BCUT2D eigenvalue weighted by Gasteiger charge is -2.25. The average Bonchev–Trinajstić information content (AvgIpc) is 3.48. The molecule has 3 aliphatic rings. The number of hydrogen-bond acceptors (Lipinski definition) is 6. The third-order valence-electron chi connectivity index (χ3n) is 5.45. The highest BCUT2D eigenvalue weighted by atomic mass is 16.7. The molecule has 150 valence electrons. The zero-order valence-corrected chi connectivity index (χ0v) is 16.0. The number of carbonyl (C=O) groups is 1. The second kappa shape index (κ2) is 7.41. The van der Waals surface area contributed by atoms with Crippen molar-refractivity contribution < 1.29 is 19.0 Å². The summed E-state index contributed by atoms with van der Waals surface area (Å²) < 4.78 is 19.1. The summed E-state index contributed by atoms with van der Waals surface area (Å²) in [7, 11) is 0. The van der Waals surface area contributed by atoms with Crippen molar-refractivity contribution in [2.24, 2.45) is 5.92 Å². The maximum atomic E-state index is 12.7. The number of nitriles is 1. The first-order valence-corrected chi connectivity index (χ1v) is 10.0. The maximum absolute atomic E-state index is 12.7. The molecular formula is C21H22N4O4. The number of ether oxygens (including phenoxy) is 3. The summed E-state index contributed by atoms with van der Waals surface area (Å²) in [6, 6.07) is 8.94. The summed E-state index contributed by atoms with van der Waals surface area (Å²) in [5.41, 5.74) is 1.82. The number of aryl methyl sites for hydroxylation is 1. The largest absolute Gasteiger partial charge is 0.491 e. The van der Waals surface area contributed by atoms with Crippen LogP contribution in [-0.4, -0.2) is 41.2 Å². The molecule has 0 radical (unpaired) electrons. The van der Waals surface area contributed by atoms with E-state index in [1.165, 1.54) is 12.8 Å². The lowest BCUT2D eigenvalue weighted by Crippen LogP contribution is -2.42. The first-order valence-electron chi connectivity index (χ1n) is 10.0. The topological polar surface area (TPSA) is 98.4 Å². The van der Waals surface area contributed by atoms with Crippen molar-refractivity contribution in [3.63, 3.8) is 0 Å². The van der Waals surface area contributed by atoms with Crippen LogP contribution >= 0.6 is 0 Å². The molecule has 1 fully saturated rings. The molecule has 1 aromatic carbocycles. The minimum absolute atomic E-state index is 0.182. The molecule has 1 N–H and O–H groups in total. The highest BCUT2D eigenvalue weighted by Gasteiger charge is 2.29. The van der Waals surface area contributed by atoms with Gasteiger partial charge in [-0.25, -0.2) is 4.68 Å². The van der Waals surface area contributed by atoms with E-state index in [9.17, 15) is 4.79 Å². The molecule has 8 nitrogen and oxygen atoms in total. The molecule has 5 rings (SSSR count). The first kappa shape index (κ1) is 18.0. The van der Waals surface area contributed by atoms with E-state index in [0.717, 1.165) is 24.3 Å². The van der Waals surface area contributed by atoms with E-state index in [-0.39, 0.29) is 18.2 Å². The Morgan fingerprint density at radius 3 is 3.07 bits per heavy atom. The third kappa shape index (κ3) is 3.91. The van der Waals surface area contributed by atoms with Crippen molar-refractivity contribution in [3.8, 4) is 17.7 Å². The summed E-state index contributed by atoms with van der Waals surface area (Å²) in [6.07, 6.45) is 3.53. The molecule has 2 aromatic rings. The first-order chi connectivity index (χ1) is 14.2. The fourth-order valence-electron chi connectivity index (χ4n) is 3.65. The van der Waals surface area contributed by atoms with E-state index in [1.54, 1.807) is 28.9 Å². The lowest BCUT2D eigenvalue weighted by atomic mass is 10.0. The Balaban J connectivity index is 1.21. The van der Waals surface area contributed by atoms with Gasteiger partial charge in [-0.05, 0) is 48.9 Å². The molecule has 0 saturated heterocycles. The van der Waals surface area contributed by atoms with Crippen molar-refractivity contribution >= 4 is 5.91 Å². The van der Waals surface area contributed by atoms with Gasteiger partial charge in [-0.1, -0.05) is 0 Å². The number of rotatable bonds is 5. The molecule has 2 atom stereocenters. The van der Waals surface area contributed by atoms with E-state index in [0.29, 0.717) is 42.6 Å². The van der Waals surface area contributed by atoms with Crippen LogP contribution in [-0.2, 0) is 17.7 Å². The number of benzene rings is 1. The van der Waals surface area contributed by atoms with Crippen LogP contribution in [0.3, 0.4) is 0 Å². The summed E-state index contributed by atoms with van der Waals surface area (Å²) >= 11 is 0. The molecule has 0 bridgehead atoms. The molecule has 8 heteroatoms. The van der Waals surface area contributed by atoms with Gasteiger partial charge in [0.2, 0.25) is 12.2 Å². The number of nitrogens with one attached hydrogen (secondary N) is 1. The van der Waals surface area contributed by atoms with Crippen LogP contribution in [0.5, 0.6) is 11.6 Å². The van der Waals surface area contributed by atoms with E-state index in [1.807, 2.05) is 0 Å². The van der Waals surface area contributed by atoms with Crippen molar-refractivity contribution in [3.05, 3.63) is 41.1 Å². The standard InChI is InChI=1S/C21H22N4O4/c22-10-14-3-4-18-15(7-14)8-16(12-27-18)23-21(26)17-9-19-25(24-17)6-5-20(29-19)28-11-13-1-2-13/h3-4,7,9,13,16,20H,1-2,5-6,8,11-12H2,(H,23,26)/t16-,20?/m1/s1. The molecule has 1 unspecified atom stereocenters. The molecule has 1 aliphatic carbocycles. The third-order valence-corrected chi connectivity index (χ3v) is 5.45. The molecule has 29 heavy (non-hydrogen) atoms. The lowest BCUT2D eigenvalue weighted by molar-refractivity contribution is -0.106. The van der Waals surface area contributed by atoms with Crippen LogP contribution in [0.2, 0.25) is 0 Å². The smallest absolute Gasteiger partial charge is 0.272 e. The van der Waals surface area contributed by atoms with Crippen molar-refractivity contribution in [1.29, 1.82) is 5.26 Å². The quantitative estimate of drug-likeness (QED) is 0.833. The Morgan fingerprint density at radius 1 is 1.34 bits per heavy atom. The predicted octanol–water partition coefficient (Wildman–Crippen LogP) is 2.02. The van der Waals surface area contributed by atoms with Gasteiger partial charge in [0.05, 0.1) is 30.8 Å². The zero-order chi connectivity index (χ0) is 19.8. The molecule has 1 amide bonds. The van der Waals surface area contributed by atoms with Crippen molar-refractivity contribution in [2.45, 2.75) is 44.6 Å². The van der Waals surface area contributed by atoms with Crippen molar-refractivity contribution in [1.82, 2.24) is 15.1 Å². The fraction of sp³-hybridized carbons (Fsp3) is 0.476. The second-order valence-corrected chi connectivity index (χ2v) is 7.82. The second-order valence-electron chi connectivity index (χ2n) is 7.82. The highest BCUT2D eigenvalue weighted by molar-refractivity contribution is 5.92. The van der Waals surface area contributed by atoms with E-state index in [4.69, 9.17) is 19.5 Å². The summed E-state index contributed by atoms with van der Waals surface area (Å²) in [4.78, 5) is 12.7. The summed E-state index contributed by atoms with van der Waals surface area (Å²) in [5.74, 6) is 1.74. The Bertz CT molecular complexity index is 976. The van der Waals surface area contributed by atoms with Gasteiger partial charge < -0.3 is 19.5 Å². The summed E-state index contributed by atoms with van der Waals surface area (Å²) in [5, 5.41) is 16.4. The van der Waals surface area contributed by atoms with Crippen LogP contribution < -0.4 is 14.8 Å². The summed E-state index contributed by atoms with van der Waals surface area (Å²) in [6.45, 7) is 1.78. The monoisotopic (exact) mass is 394 g/mol. The van der Waals surface area contributed by atoms with E-state index in [2.05, 4.69) is 16.5 Å². The molecule has 2 aliphatic heterocycles. The maximum Gasteiger partial charge on any atom is 0.272 e. The number of fused-ring (bicyclic) bond motifs is 2. The van der Waals surface area contributed by atoms with Crippen molar-refractivity contribution in [2.75, 3.05) is 13.2 Å². The minimum Gasteiger partial charge on any atom is -0.491 e. The van der Waals surface area contributed by atoms with Crippen LogP contribution in [0.25, 0.3) is 0 Å². The number of hydrogen-bond donors (Lipinski definition) is 1. The van der Waals surface area contributed by atoms with Gasteiger partial charge in [-0.15, -0.1) is 0 Å². The zero-order valence-electron chi connectivity index (χ0n) is 16.0. The molecule has 1 aromatic heterocycles. The number of aromatic nitrogens is 2. The SMILES string of the molecule is N#Cc1ccc2c(c1)C[C@@H](NC(=O)c1cc3n(n1)CCC(OCC1CC1)O3)CO2. The predicted molar refractivity (Wildman–Crippen MR) is 102 cm³/mol. The molecular weight excluding hydrogens is 372 g/mol. The van der Waals surface area contributed by atoms with Gasteiger partial charge in [0.1, 0.15) is 12.4 Å².